The highest BCUT2D eigenvalue weighted by Gasteiger charge is 2.16. The molecule has 0 aliphatic carbocycles. The lowest BCUT2D eigenvalue weighted by molar-refractivity contribution is 0.384. The predicted molar refractivity (Wildman–Crippen MR) is 94.5 cm³/mol. The molecule has 0 saturated carbocycles. The van der Waals surface area contributed by atoms with Gasteiger partial charge in [-0.15, -0.1) is 0 Å². The quantitative estimate of drug-likeness (QED) is 0.719. The van der Waals surface area contributed by atoms with E-state index in [1.165, 1.54) is 11.6 Å². The van der Waals surface area contributed by atoms with Crippen molar-refractivity contribution in [3.63, 3.8) is 0 Å². The number of aromatic nitrogens is 3. The van der Waals surface area contributed by atoms with Gasteiger partial charge < -0.3 is 15.6 Å². The summed E-state index contributed by atoms with van der Waals surface area (Å²) < 4.78 is 7.52. The summed E-state index contributed by atoms with van der Waals surface area (Å²) >= 11 is 0. The molecule has 0 unspecified atom stereocenters. The van der Waals surface area contributed by atoms with Crippen LogP contribution < -0.4 is 22.3 Å². The molecular formula is C17H19N5O3. The molecule has 0 fully saturated rings. The van der Waals surface area contributed by atoms with Crippen LogP contribution in [0.5, 0.6) is 0 Å². The minimum absolute atomic E-state index is 0.0909. The predicted octanol–water partition coefficient (Wildman–Crippen LogP) is 1.09. The van der Waals surface area contributed by atoms with E-state index in [0.717, 1.165) is 15.8 Å². The Morgan fingerprint density at radius 3 is 2.60 bits per heavy atom. The summed E-state index contributed by atoms with van der Waals surface area (Å²) in [4.78, 5) is 24.8. The highest BCUT2D eigenvalue weighted by atomic mass is 16.5. The minimum Gasteiger partial charge on any atom is -0.383 e. The Hall–Kier alpha value is -3.29. The maximum Gasteiger partial charge on any atom is 0.332 e. The van der Waals surface area contributed by atoms with Gasteiger partial charge >= 0.3 is 5.69 Å². The maximum absolute atomic E-state index is 12.4. The first-order valence-electron chi connectivity index (χ1n) is 7.76. The number of hydrogen-bond donors (Lipinski definition) is 2. The lowest BCUT2D eigenvalue weighted by atomic mass is 10.2. The van der Waals surface area contributed by atoms with Gasteiger partial charge in [0.1, 0.15) is 11.5 Å². The van der Waals surface area contributed by atoms with E-state index in [2.05, 4.69) is 10.5 Å². The first kappa shape index (κ1) is 16.6. The van der Waals surface area contributed by atoms with Crippen LogP contribution in [0.3, 0.4) is 0 Å². The van der Waals surface area contributed by atoms with E-state index in [9.17, 15) is 9.59 Å². The van der Waals surface area contributed by atoms with E-state index >= 15 is 0 Å². The molecule has 0 bridgehead atoms. The van der Waals surface area contributed by atoms with Crippen LogP contribution in [-0.4, -0.2) is 14.3 Å². The molecule has 0 saturated heterocycles. The van der Waals surface area contributed by atoms with Crippen molar-refractivity contribution in [1.29, 1.82) is 0 Å². The molecule has 25 heavy (non-hydrogen) atoms. The second-order valence-electron chi connectivity index (χ2n) is 5.77. The van der Waals surface area contributed by atoms with Crippen LogP contribution in [0.2, 0.25) is 0 Å². The minimum atomic E-state index is -0.483. The first-order chi connectivity index (χ1) is 12.0. The monoisotopic (exact) mass is 341 g/mol. The topological polar surface area (TPSA) is 108 Å². The number of nitrogens with zero attached hydrogens (tertiary/aromatic N) is 3. The molecule has 2 aromatic heterocycles. The first-order valence-corrected chi connectivity index (χ1v) is 7.76. The third-order valence-electron chi connectivity index (χ3n) is 3.88. The lowest BCUT2D eigenvalue weighted by Crippen LogP contribution is -2.40. The molecule has 0 aliphatic heterocycles. The van der Waals surface area contributed by atoms with Crippen LogP contribution in [-0.2, 0) is 20.1 Å². The molecule has 0 radical (unpaired) electrons. The van der Waals surface area contributed by atoms with E-state index in [1.807, 2.05) is 30.3 Å². The van der Waals surface area contributed by atoms with Crippen molar-refractivity contribution in [1.82, 2.24) is 14.3 Å². The Labute approximate surface area is 143 Å². The summed E-state index contributed by atoms with van der Waals surface area (Å²) in [5.74, 6) is 0.660. The second-order valence-corrected chi connectivity index (χ2v) is 5.77. The lowest BCUT2D eigenvalue weighted by Gasteiger charge is -2.15. The summed E-state index contributed by atoms with van der Waals surface area (Å²) in [6.07, 6.45) is 0. The number of nitrogen functional groups attached to an aromatic ring is 1. The Morgan fingerprint density at radius 1 is 1.24 bits per heavy atom. The van der Waals surface area contributed by atoms with Gasteiger partial charge in [0.2, 0.25) is 0 Å². The largest absolute Gasteiger partial charge is 0.383 e. The van der Waals surface area contributed by atoms with Crippen LogP contribution in [0.15, 0.2) is 50.5 Å². The Balaban J connectivity index is 1.97. The molecule has 8 nitrogen and oxygen atoms in total. The number of rotatable bonds is 5. The SMILES string of the molecule is Cc1cc(CNc2c(N)n(Cc3ccccc3)c(=O)n(C)c2=O)on1. The smallest absolute Gasteiger partial charge is 0.332 e. The highest BCUT2D eigenvalue weighted by Crippen LogP contribution is 2.14. The van der Waals surface area contributed by atoms with E-state index in [0.29, 0.717) is 5.76 Å². The molecular weight excluding hydrogens is 322 g/mol. The van der Waals surface area contributed by atoms with Gasteiger partial charge in [-0.1, -0.05) is 35.5 Å². The molecule has 1 aromatic carbocycles. The highest BCUT2D eigenvalue weighted by molar-refractivity contribution is 5.60. The van der Waals surface area contributed by atoms with Gasteiger partial charge in [0.25, 0.3) is 5.56 Å². The Bertz CT molecular complexity index is 1000. The van der Waals surface area contributed by atoms with Crippen LogP contribution in [0, 0.1) is 6.92 Å². The average molecular weight is 341 g/mol. The molecule has 8 heteroatoms. The number of anilines is 2. The van der Waals surface area contributed by atoms with Gasteiger partial charge in [0.15, 0.2) is 5.76 Å². The average Bonchev–Trinajstić information content (AvgIpc) is 3.03. The van der Waals surface area contributed by atoms with Crippen molar-refractivity contribution in [2.24, 2.45) is 7.05 Å². The van der Waals surface area contributed by atoms with Gasteiger partial charge in [-0.05, 0) is 12.5 Å². The van der Waals surface area contributed by atoms with Crippen molar-refractivity contribution < 1.29 is 4.52 Å². The normalized spacial score (nSPS) is 10.8. The zero-order valence-electron chi connectivity index (χ0n) is 14.0. The van der Waals surface area contributed by atoms with E-state index in [-0.39, 0.29) is 24.6 Å². The standard InChI is InChI=1S/C17H19N5O3/c1-11-8-13(25-20-11)9-19-14-15(18)22(17(24)21(2)16(14)23)10-12-6-4-3-5-7-12/h3-8,19H,9-10,18H2,1-2H3. The molecule has 0 spiro atoms. The fraction of sp³-hybridized carbons (Fsp3) is 0.235. The number of aryl methyl sites for hydroxylation is 1. The van der Waals surface area contributed by atoms with Crippen LogP contribution in [0.4, 0.5) is 11.5 Å². The zero-order valence-corrected chi connectivity index (χ0v) is 14.0. The summed E-state index contributed by atoms with van der Waals surface area (Å²) in [6.45, 7) is 2.32. The Morgan fingerprint density at radius 2 is 1.96 bits per heavy atom. The molecule has 0 amide bonds. The fourth-order valence-electron chi connectivity index (χ4n) is 2.54. The molecule has 0 aliphatic rings. The zero-order chi connectivity index (χ0) is 18.0. The number of benzene rings is 1. The van der Waals surface area contributed by atoms with Gasteiger partial charge in [0, 0.05) is 13.1 Å². The summed E-state index contributed by atoms with van der Waals surface area (Å²) in [5, 5.41) is 6.75. The van der Waals surface area contributed by atoms with E-state index in [1.54, 1.807) is 13.0 Å². The van der Waals surface area contributed by atoms with Gasteiger partial charge in [-0.2, -0.15) is 0 Å². The van der Waals surface area contributed by atoms with Crippen molar-refractivity contribution >= 4 is 11.5 Å². The van der Waals surface area contributed by atoms with Gasteiger partial charge in [-0.3, -0.25) is 13.9 Å². The maximum atomic E-state index is 12.4. The van der Waals surface area contributed by atoms with Crippen molar-refractivity contribution in [3.05, 3.63) is 74.3 Å². The summed E-state index contributed by atoms with van der Waals surface area (Å²) in [5.41, 5.74) is 6.97. The van der Waals surface area contributed by atoms with Crippen LogP contribution in [0.25, 0.3) is 0 Å². The summed E-state index contributed by atoms with van der Waals surface area (Å²) in [6, 6.07) is 11.2. The molecule has 2 heterocycles. The third-order valence-corrected chi connectivity index (χ3v) is 3.88. The summed E-state index contributed by atoms with van der Waals surface area (Å²) in [7, 11) is 1.43. The fourth-order valence-corrected chi connectivity index (χ4v) is 2.54. The third kappa shape index (κ3) is 3.32. The second kappa shape index (κ2) is 6.68. The number of nitrogens with one attached hydrogen (secondary N) is 1. The molecule has 3 N–H and O–H groups in total. The van der Waals surface area contributed by atoms with Crippen LogP contribution in [0.1, 0.15) is 17.0 Å². The van der Waals surface area contributed by atoms with Gasteiger partial charge in [-0.25, -0.2) is 4.79 Å². The number of nitrogens with two attached hydrogens (primary N) is 1. The van der Waals surface area contributed by atoms with Crippen molar-refractivity contribution in [2.75, 3.05) is 11.1 Å². The van der Waals surface area contributed by atoms with E-state index < -0.39 is 11.2 Å². The molecule has 0 atom stereocenters. The molecule has 130 valence electrons. The van der Waals surface area contributed by atoms with Crippen molar-refractivity contribution in [2.45, 2.75) is 20.0 Å². The van der Waals surface area contributed by atoms with E-state index in [4.69, 9.17) is 10.3 Å². The molecule has 3 aromatic rings. The van der Waals surface area contributed by atoms with Crippen molar-refractivity contribution in [3.8, 4) is 0 Å². The van der Waals surface area contributed by atoms with Crippen LogP contribution >= 0.6 is 0 Å². The molecule has 3 rings (SSSR count). The van der Waals surface area contributed by atoms with Gasteiger partial charge in [0.05, 0.1) is 18.8 Å². The Kier molecular flexibility index (Phi) is 4.42. The number of hydrogen-bond acceptors (Lipinski definition) is 6.